The first-order valence-corrected chi connectivity index (χ1v) is 11.5. The zero-order valence-corrected chi connectivity index (χ0v) is 17.3. The Bertz CT molecular complexity index is 666. The lowest BCUT2D eigenvalue weighted by molar-refractivity contribution is -0.128. The molecule has 0 radical (unpaired) electrons. The highest BCUT2D eigenvalue weighted by molar-refractivity contribution is 7.12. The van der Waals surface area contributed by atoms with E-state index in [4.69, 9.17) is 4.74 Å². The molecule has 1 saturated carbocycles. The van der Waals surface area contributed by atoms with Crippen LogP contribution in [0.2, 0.25) is 0 Å². The third-order valence-electron chi connectivity index (χ3n) is 6.66. The van der Waals surface area contributed by atoms with Crippen LogP contribution in [-0.2, 0) is 9.53 Å². The molecule has 2 saturated heterocycles. The molecular weight excluding hydrogens is 374 g/mol. The summed E-state index contributed by atoms with van der Waals surface area (Å²) in [5.41, 5.74) is -0.0335. The van der Waals surface area contributed by atoms with Gasteiger partial charge in [0.1, 0.15) is 0 Å². The number of hydrogen-bond donors (Lipinski definition) is 1. The minimum atomic E-state index is -0.0820. The number of carbonyl (C=O) groups is 2. The van der Waals surface area contributed by atoms with Crippen LogP contribution < -0.4 is 5.32 Å². The standard InChI is InChI=1S/C21H31N3O3S/c25-19(22-8-9-23-10-12-27-13-11-23)17-15-24(20(26)18-5-4-14-28-18)16-21(17)6-2-1-3-7-21/h4-5,14,17H,1-3,6-13,15-16H2,(H,22,25)/t17-/m0/s1. The Morgan fingerprint density at radius 3 is 2.71 bits per heavy atom. The van der Waals surface area contributed by atoms with Crippen molar-refractivity contribution >= 4 is 23.2 Å². The predicted molar refractivity (Wildman–Crippen MR) is 109 cm³/mol. The quantitative estimate of drug-likeness (QED) is 0.816. The van der Waals surface area contributed by atoms with E-state index >= 15 is 0 Å². The van der Waals surface area contributed by atoms with Crippen LogP contribution >= 0.6 is 11.3 Å². The minimum absolute atomic E-state index is 0.0335. The summed E-state index contributed by atoms with van der Waals surface area (Å²) in [6, 6.07) is 3.80. The van der Waals surface area contributed by atoms with Gasteiger partial charge in [0.15, 0.2) is 0 Å². The maximum Gasteiger partial charge on any atom is 0.263 e. The lowest BCUT2D eigenvalue weighted by Gasteiger charge is -2.37. The van der Waals surface area contributed by atoms with Gasteiger partial charge in [0.05, 0.1) is 24.0 Å². The van der Waals surface area contributed by atoms with E-state index < -0.39 is 0 Å². The molecule has 1 spiro atoms. The van der Waals surface area contributed by atoms with Crippen molar-refractivity contribution < 1.29 is 14.3 Å². The maximum absolute atomic E-state index is 13.1. The van der Waals surface area contributed by atoms with Gasteiger partial charge in [-0.25, -0.2) is 0 Å². The highest BCUT2D eigenvalue weighted by atomic mass is 32.1. The second-order valence-electron chi connectivity index (χ2n) is 8.38. The molecule has 2 aliphatic heterocycles. The molecule has 1 aromatic rings. The molecule has 3 fully saturated rings. The van der Waals surface area contributed by atoms with Crippen LogP contribution in [0.1, 0.15) is 41.8 Å². The summed E-state index contributed by atoms with van der Waals surface area (Å²) in [5.74, 6) is 0.140. The Kier molecular flexibility index (Phi) is 6.33. The summed E-state index contributed by atoms with van der Waals surface area (Å²) < 4.78 is 5.38. The van der Waals surface area contributed by atoms with Gasteiger partial charge in [-0.15, -0.1) is 11.3 Å². The highest BCUT2D eigenvalue weighted by Gasteiger charge is 2.51. The average molecular weight is 406 g/mol. The summed E-state index contributed by atoms with van der Waals surface area (Å²) in [6.45, 7) is 6.25. The van der Waals surface area contributed by atoms with Gasteiger partial charge in [-0.2, -0.15) is 0 Å². The van der Waals surface area contributed by atoms with Gasteiger partial charge in [-0.3, -0.25) is 14.5 Å². The van der Waals surface area contributed by atoms with Gasteiger partial charge in [0.2, 0.25) is 5.91 Å². The number of rotatable bonds is 5. The predicted octanol–water partition coefficient (Wildman–Crippen LogP) is 2.22. The van der Waals surface area contributed by atoms with Gasteiger partial charge < -0.3 is 15.0 Å². The van der Waals surface area contributed by atoms with Gasteiger partial charge >= 0.3 is 0 Å². The highest BCUT2D eigenvalue weighted by Crippen LogP contribution is 2.48. The molecule has 3 heterocycles. The topological polar surface area (TPSA) is 61.9 Å². The maximum atomic E-state index is 13.1. The number of hydrogen-bond acceptors (Lipinski definition) is 5. The zero-order chi connectivity index (χ0) is 19.4. The number of morpholine rings is 1. The third-order valence-corrected chi connectivity index (χ3v) is 7.52. The first-order valence-electron chi connectivity index (χ1n) is 10.6. The van der Waals surface area contributed by atoms with E-state index in [9.17, 15) is 9.59 Å². The molecule has 1 aromatic heterocycles. The molecule has 0 aromatic carbocycles. The second kappa shape index (κ2) is 8.93. The summed E-state index contributed by atoms with van der Waals surface area (Å²) in [6.07, 6.45) is 5.69. The molecule has 28 heavy (non-hydrogen) atoms. The Morgan fingerprint density at radius 1 is 1.21 bits per heavy atom. The van der Waals surface area contributed by atoms with E-state index in [1.165, 1.54) is 30.6 Å². The summed E-state index contributed by atoms with van der Waals surface area (Å²) in [5, 5.41) is 5.12. The van der Waals surface area contributed by atoms with E-state index in [-0.39, 0.29) is 23.1 Å². The van der Waals surface area contributed by atoms with E-state index in [0.29, 0.717) is 13.1 Å². The molecule has 6 nitrogen and oxygen atoms in total. The fraction of sp³-hybridized carbons (Fsp3) is 0.714. The molecule has 3 aliphatic rings. The Hall–Kier alpha value is -1.44. The van der Waals surface area contributed by atoms with Crippen molar-refractivity contribution in [3.8, 4) is 0 Å². The number of thiophene rings is 1. The van der Waals surface area contributed by atoms with Crippen molar-refractivity contribution in [1.29, 1.82) is 0 Å². The minimum Gasteiger partial charge on any atom is -0.379 e. The normalized spacial score (nSPS) is 25.1. The smallest absolute Gasteiger partial charge is 0.263 e. The number of nitrogens with one attached hydrogen (secondary N) is 1. The van der Waals surface area contributed by atoms with Crippen molar-refractivity contribution in [2.45, 2.75) is 32.1 Å². The fourth-order valence-electron chi connectivity index (χ4n) is 5.09. The Labute approximate surface area is 171 Å². The first-order chi connectivity index (χ1) is 13.7. The lowest BCUT2D eigenvalue weighted by atomic mass is 9.67. The van der Waals surface area contributed by atoms with Gasteiger partial charge in [0, 0.05) is 44.7 Å². The summed E-state index contributed by atoms with van der Waals surface area (Å²) in [7, 11) is 0. The average Bonchev–Trinajstić information content (AvgIpc) is 3.38. The lowest BCUT2D eigenvalue weighted by Crippen LogP contribution is -2.46. The molecule has 7 heteroatoms. The number of amides is 2. The molecule has 1 N–H and O–H groups in total. The van der Waals surface area contributed by atoms with Crippen molar-refractivity contribution in [3.05, 3.63) is 22.4 Å². The first kappa shape index (κ1) is 19.9. The van der Waals surface area contributed by atoms with Crippen molar-refractivity contribution in [1.82, 2.24) is 15.1 Å². The van der Waals surface area contributed by atoms with E-state index in [1.54, 1.807) is 0 Å². The van der Waals surface area contributed by atoms with Crippen LogP contribution in [-0.4, -0.2) is 74.1 Å². The molecule has 0 unspecified atom stereocenters. The monoisotopic (exact) mass is 405 g/mol. The van der Waals surface area contributed by atoms with Crippen LogP contribution in [0.25, 0.3) is 0 Å². The molecule has 2 amide bonds. The van der Waals surface area contributed by atoms with Crippen molar-refractivity contribution in [2.24, 2.45) is 11.3 Å². The van der Waals surface area contributed by atoms with Crippen LogP contribution in [0.4, 0.5) is 0 Å². The Morgan fingerprint density at radius 2 is 2.00 bits per heavy atom. The molecule has 1 atom stereocenters. The molecule has 1 aliphatic carbocycles. The largest absolute Gasteiger partial charge is 0.379 e. The number of ether oxygens (including phenoxy) is 1. The molecular formula is C21H31N3O3S. The number of nitrogens with zero attached hydrogens (tertiary/aromatic N) is 2. The Balaban J connectivity index is 1.39. The molecule has 4 rings (SSSR count). The summed E-state index contributed by atoms with van der Waals surface area (Å²) in [4.78, 5) is 31.1. The zero-order valence-electron chi connectivity index (χ0n) is 16.5. The van der Waals surface area contributed by atoms with Crippen LogP contribution in [0.5, 0.6) is 0 Å². The van der Waals surface area contributed by atoms with Crippen molar-refractivity contribution in [2.75, 3.05) is 52.5 Å². The SMILES string of the molecule is O=C(NCCN1CCOCC1)[C@@H]1CN(C(=O)c2cccs2)CC12CCCCC2. The van der Waals surface area contributed by atoms with Crippen LogP contribution in [0.15, 0.2) is 17.5 Å². The fourth-order valence-corrected chi connectivity index (χ4v) is 5.78. The van der Waals surface area contributed by atoms with Crippen molar-refractivity contribution in [3.63, 3.8) is 0 Å². The van der Waals surface area contributed by atoms with Gasteiger partial charge in [0.25, 0.3) is 5.91 Å². The van der Waals surface area contributed by atoms with Crippen LogP contribution in [0, 0.1) is 11.3 Å². The second-order valence-corrected chi connectivity index (χ2v) is 9.33. The van der Waals surface area contributed by atoms with Gasteiger partial charge in [-0.05, 0) is 24.3 Å². The van der Waals surface area contributed by atoms with Crippen LogP contribution in [0.3, 0.4) is 0 Å². The van der Waals surface area contributed by atoms with E-state index in [0.717, 1.165) is 57.1 Å². The number of carbonyl (C=O) groups excluding carboxylic acids is 2. The third kappa shape index (κ3) is 4.26. The molecule has 0 bridgehead atoms. The molecule has 154 valence electrons. The van der Waals surface area contributed by atoms with Gasteiger partial charge in [-0.1, -0.05) is 25.3 Å². The van der Waals surface area contributed by atoms with E-state index in [2.05, 4.69) is 10.2 Å². The number of likely N-dealkylation sites (tertiary alicyclic amines) is 1. The summed E-state index contributed by atoms with van der Waals surface area (Å²) >= 11 is 1.48. The van der Waals surface area contributed by atoms with E-state index in [1.807, 2.05) is 22.4 Å².